The maximum absolute atomic E-state index is 6.17. The molecule has 0 amide bonds. The summed E-state index contributed by atoms with van der Waals surface area (Å²) in [5, 5.41) is 0. The lowest BCUT2D eigenvalue weighted by Gasteiger charge is -2.21. The molecule has 0 saturated heterocycles. The molecule has 4 nitrogen and oxygen atoms in total. The van der Waals surface area contributed by atoms with Crippen molar-refractivity contribution in [2.24, 2.45) is 0 Å². The summed E-state index contributed by atoms with van der Waals surface area (Å²) in [6.45, 7) is 0. The van der Waals surface area contributed by atoms with Crippen molar-refractivity contribution in [2.75, 3.05) is 0 Å². The quantitative estimate of drug-likeness (QED) is 0.0974. The molecule has 0 fully saturated rings. The second kappa shape index (κ2) is 15.6. The molecule has 192 valence electrons. The van der Waals surface area contributed by atoms with Crippen LogP contribution in [0.1, 0.15) is 12.8 Å². The van der Waals surface area contributed by atoms with Crippen LogP contribution in [0.5, 0.6) is 23.0 Å². The molecule has 4 rings (SSSR count). The summed E-state index contributed by atoms with van der Waals surface area (Å²) < 4.78 is 24.7. The number of rotatable bonds is 16. The molecule has 0 saturated carbocycles. The fourth-order valence-corrected chi connectivity index (χ4v) is 9.53. The van der Waals surface area contributed by atoms with Gasteiger partial charge in [0.2, 0.25) is 12.6 Å². The van der Waals surface area contributed by atoms with Gasteiger partial charge in [0.1, 0.15) is 23.0 Å². The van der Waals surface area contributed by atoms with E-state index in [9.17, 15) is 0 Å². The van der Waals surface area contributed by atoms with Crippen LogP contribution in [0.15, 0.2) is 121 Å². The van der Waals surface area contributed by atoms with Gasteiger partial charge in [0.25, 0.3) is 0 Å². The van der Waals surface area contributed by atoms with E-state index in [1.807, 2.05) is 121 Å². The first kappa shape index (κ1) is 26.6. The molecule has 4 aromatic rings. The van der Waals surface area contributed by atoms with E-state index in [4.69, 9.17) is 18.9 Å². The van der Waals surface area contributed by atoms with Crippen LogP contribution in [0.4, 0.5) is 0 Å². The first-order valence-electron chi connectivity index (χ1n) is 13.2. The maximum Gasteiger partial charge on any atom is 0.240 e. The SMILES string of the molecule is c1ccc(OC(CC[SiH2]C[SiH2]CCC(Oc2ccccc2)Oc2ccccc2)Oc2ccccc2)cc1. The van der Waals surface area contributed by atoms with Crippen molar-refractivity contribution in [2.45, 2.75) is 43.2 Å². The molecule has 0 aliphatic rings. The molecule has 37 heavy (non-hydrogen) atoms. The van der Waals surface area contributed by atoms with Gasteiger partial charge in [0.15, 0.2) is 0 Å². The highest BCUT2D eigenvalue weighted by Gasteiger charge is 2.14. The number of ether oxygens (including phenoxy) is 4. The Kier molecular flexibility index (Phi) is 11.2. The first-order valence-corrected chi connectivity index (χ1v) is 17.2. The third-order valence-electron chi connectivity index (χ3n) is 5.92. The Balaban J connectivity index is 1.20. The summed E-state index contributed by atoms with van der Waals surface area (Å²) in [7, 11) is -0.297. The normalized spacial score (nSPS) is 11.5. The van der Waals surface area contributed by atoms with Crippen molar-refractivity contribution < 1.29 is 18.9 Å². The van der Waals surface area contributed by atoms with Gasteiger partial charge >= 0.3 is 0 Å². The zero-order chi connectivity index (χ0) is 25.4. The predicted molar refractivity (Wildman–Crippen MR) is 157 cm³/mol. The van der Waals surface area contributed by atoms with Gasteiger partial charge in [-0.05, 0) is 48.5 Å². The lowest BCUT2D eigenvalue weighted by Crippen LogP contribution is -2.25. The Bertz CT molecular complexity index is 941. The summed E-state index contributed by atoms with van der Waals surface area (Å²) in [5.74, 6) is 3.40. The lowest BCUT2D eigenvalue weighted by atomic mass is 10.3. The highest BCUT2D eigenvalue weighted by atomic mass is 28.3. The van der Waals surface area contributed by atoms with Crippen molar-refractivity contribution in [3.05, 3.63) is 121 Å². The van der Waals surface area contributed by atoms with Crippen molar-refractivity contribution in [1.82, 2.24) is 0 Å². The van der Waals surface area contributed by atoms with Crippen LogP contribution in [-0.2, 0) is 0 Å². The van der Waals surface area contributed by atoms with Gasteiger partial charge in [-0.15, -0.1) is 0 Å². The molecule has 0 heterocycles. The second-order valence-corrected chi connectivity index (χ2v) is 14.6. The molecule has 0 bridgehead atoms. The smallest absolute Gasteiger partial charge is 0.240 e. The van der Waals surface area contributed by atoms with Crippen LogP contribution < -0.4 is 18.9 Å². The van der Waals surface area contributed by atoms with E-state index in [2.05, 4.69) is 0 Å². The molecular weight excluding hydrogens is 493 g/mol. The fraction of sp³-hybridized carbons (Fsp3) is 0.226. The van der Waals surface area contributed by atoms with E-state index in [1.165, 1.54) is 17.8 Å². The Morgan fingerprint density at radius 3 is 0.946 bits per heavy atom. The predicted octanol–water partition coefficient (Wildman–Crippen LogP) is 6.28. The Labute approximate surface area is 225 Å². The highest BCUT2D eigenvalue weighted by molar-refractivity contribution is 6.55. The number of hydrogen-bond donors (Lipinski definition) is 0. The maximum atomic E-state index is 6.17. The molecule has 4 aromatic carbocycles. The van der Waals surface area contributed by atoms with E-state index in [-0.39, 0.29) is 31.6 Å². The monoisotopic (exact) mass is 528 g/mol. The molecule has 0 spiro atoms. The van der Waals surface area contributed by atoms with E-state index in [0.29, 0.717) is 0 Å². The summed E-state index contributed by atoms with van der Waals surface area (Å²) >= 11 is 0. The lowest BCUT2D eigenvalue weighted by molar-refractivity contribution is 0.00313. The Morgan fingerprint density at radius 2 is 0.676 bits per heavy atom. The Morgan fingerprint density at radius 1 is 0.405 bits per heavy atom. The Hall–Kier alpha value is -3.49. The molecule has 0 aromatic heterocycles. The van der Waals surface area contributed by atoms with Crippen LogP contribution in [-0.4, -0.2) is 31.6 Å². The van der Waals surface area contributed by atoms with Crippen molar-refractivity contribution in [1.29, 1.82) is 0 Å². The molecular formula is C31H36O4Si2. The molecule has 0 radical (unpaired) electrons. The summed E-state index contributed by atoms with van der Waals surface area (Å²) in [6, 6.07) is 42.2. The molecule has 0 N–H and O–H groups in total. The largest absolute Gasteiger partial charge is 0.455 e. The third-order valence-corrected chi connectivity index (χ3v) is 11.7. The average molecular weight is 529 g/mol. The summed E-state index contributed by atoms with van der Waals surface area (Å²) in [5.41, 5.74) is 1.42. The van der Waals surface area contributed by atoms with Crippen LogP contribution in [0.3, 0.4) is 0 Å². The molecule has 6 heteroatoms. The summed E-state index contributed by atoms with van der Waals surface area (Å²) in [4.78, 5) is 0. The van der Waals surface area contributed by atoms with Gasteiger partial charge in [-0.3, -0.25) is 0 Å². The summed E-state index contributed by atoms with van der Waals surface area (Å²) in [6.07, 6.45) is 1.31. The zero-order valence-corrected chi connectivity index (χ0v) is 24.1. The minimum Gasteiger partial charge on any atom is -0.455 e. The van der Waals surface area contributed by atoms with Gasteiger partial charge in [-0.2, -0.15) is 0 Å². The van der Waals surface area contributed by atoms with Crippen LogP contribution in [0.25, 0.3) is 0 Å². The van der Waals surface area contributed by atoms with Crippen molar-refractivity contribution in [3.8, 4) is 23.0 Å². The van der Waals surface area contributed by atoms with Crippen molar-refractivity contribution >= 4 is 19.0 Å². The van der Waals surface area contributed by atoms with Crippen LogP contribution in [0, 0.1) is 0 Å². The number of para-hydroxylation sites is 4. The van der Waals surface area contributed by atoms with Gasteiger partial charge in [-0.1, -0.05) is 90.6 Å². The van der Waals surface area contributed by atoms with Gasteiger partial charge in [0, 0.05) is 31.9 Å². The second-order valence-electron chi connectivity index (χ2n) is 8.93. The molecule has 0 aliphatic carbocycles. The van der Waals surface area contributed by atoms with Crippen LogP contribution in [0.2, 0.25) is 17.8 Å². The van der Waals surface area contributed by atoms with E-state index < -0.39 is 0 Å². The minimum atomic E-state index is -0.262. The topological polar surface area (TPSA) is 36.9 Å². The number of benzene rings is 4. The van der Waals surface area contributed by atoms with Gasteiger partial charge < -0.3 is 18.9 Å². The molecule has 0 unspecified atom stereocenters. The zero-order valence-electron chi connectivity index (χ0n) is 21.3. The number of hydrogen-bond acceptors (Lipinski definition) is 4. The first-order chi connectivity index (χ1) is 18.3. The average Bonchev–Trinajstić information content (AvgIpc) is 2.94. The highest BCUT2D eigenvalue weighted by Crippen LogP contribution is 2.20. The minimum absolute atomic E-state index is 0.149. The van der Waals surface area contributed by atoms with E-state index >= 15 is 0 Å². The van der Waals surface area contributed by atoms with Gasteiger partial charge in [0.05, 0.1) is 0 Å². The van der Waals surface area contributed by atoms with E-state index in [0.717, 1.165) is 35.8 Å². The standard InChI is InChI=1S/C31H36O4Si2/c1-5-13-26(14-6-1)32-30(33-27-15-7-2-8-16-27)21-23-36-25-37-24-22-31(34-28-17-9-3-10-18-28)35-29-19-11-4-12-20-29/h1-20,30-31H,21-25,36-37H2. The van der Waals surface area contributed by atoms with Gasteiger partial charge in [-0.25, -0.2) is 0 Å². The molecule has 0 atom stereocenters. The third kappa shape index (κ3) is 10.2. The van der Waals surface area contributed by atoms with Crippen molar-refractivity contribution in [3.63, 3.8) is 0 Å². The van der Waals surface area contributed by atoms with Crippen LogP contribution >= 0.6 is 0 Å². The molecule has 0 aliphatic heterocycles. The fourth-order valence-electron chi connectivity index (χ4n) is 4.04. The van der Waals surface area contributed by atoms with E-state index in [1.54, 1.807) is 0 Å².